The van der Waals surface area contributed by atoms with Crippen LogP contribution in [0.4, 0.5) is 5.69 Å². The van der Waals surface area contributed by atoms with E-state index in [-0.39, 0.29) is 21.9 Å². The molecule has 0 atom stereocenters. The van der Waals surface area contributed by atoms with Gasteiger partial charge < -0.3 is 5.11 Å². The van der Waals surface area contributed by atoms with Gasteiger partial charge in [-0.3, -0.25) is 20.3 Å². The van der Waals surface area contributed by atoms with Crippen molar-refractivity contribution in [1.82, 2.24) is 10.3 Å². The molecule has 0 aliphatic heterocycles. The summed E-state index contributed by atoms with van der Waals surface area (Å²) in [6.07, 6.45) is 0. The van der Waals surface area contributed by atoms with E-state index in [1.54, 1.807) is 0 Å². The molecule has 0 unspecified atom stereocenters. The number of nitro groups is 1. The van der Waals surface area contributed by atoms with Gasteiger partial charge in [0.25, 0.3) is 21.6 Å². The largest absolute Gasteiger partial charge is 0.508 e. The van der Waals surface area contributed by atoms with E-state index in [2.05, 4.69) is 0 Å². The second-order valence-electron chi connectivity index (χ2n) is 4.36. The lowest BCUT2D eigenvalue weighted by Gasteiger charge is -2.08. The molecule has 3 N–H and O–H groups in total. The van der Waals surface area contributed by atoms with Gasteiger partial charge in [-0.05, 0) is 36.4 Å². The molecule has 0 aromatic heterocycles. The van der Waals surface area contributed by atoms with Crippen LogP contribution in [0.5, 0.6) is 5.75 Å². The van der Waals surface area contributed by atoms with Crippen LogP contribution in [-0.4, -0.2) is 24.4 Å². The normalized spacial score (nSPS) is 11.0. The van der Waals surface area contributed by atoms with Crippen LogP contribution in [0.1, 0.15) is 10.4 Å². The Morgan fingerprint density at radius 2 is 1.61 bits per heavy atom. The van der Waals surface area contributed by atoms with Crippen LogP contribution in [0, 0.1) is 10.1 Å². The number of carbonyl (C=O) groups excluding carboxylic acids is 1. The molecule has 0 aliphatic rings. The summed E-state index contributed by atoms with van der Waals surface area (Å²) in [5, 5.41) is 19.6. The first-order valence-electron chi connectivity index (χ1n) is 6.15. The zero-order chi connectivity index (χ0) is 17.0. The molecule has 0 heterocycles. The minimum Gasteiger partial charge on any atom is -0.508 e. The van der Waals surface area contributed by atoms with Gasteiger partial charge >= 0.3 is 0 Å². The van der Waals surface area contributed by atoms with Crippen LogP contribution >= 0.6 is 0 Å². The van der Waals surface area contributed by atoms with E-state index in [1.807, 2.05) is 10.3 Å². The number of amides is 1. The number of phenolic OH excluding ortho intramolecular Hbond substituents is 1. The van der Waals surface area contributed by atoms with Gasteiger partial charge in [-0.15, -0.1) is 4.83 Å². The van der Waals surface area contributed by atoms with Crippen LogP contribution < -0.4 is 10.3 Å². The molecule has 0 aliphatic carbocycles. The third-order valence-electron chi connectivity index (χ3n) is 2.79. The van der Waals surface area contributed by atoms with Gasteiger partial charge in [0, 0.05) is 17.7 Å². The Hall–Kier alpha value is -2.98. The van der Waals surface area contributed by atoms with Gasteiger partial charge in [-0.2, -0.15) is 0 Å². The summed E-state index contributed by atoms with van der Waals surface area (Å²) in [7, 11) is -4.07. The Morgan fingerprint density at radius 3 is 2.13 bits per heavy atom. The zero-order valence-electron chi connectivity index (χ0n) is 11.5. The number of hydrogen-bond donors (Lipinski definition) is 3. The Morgan fingerprint density at radius 1 is 1.04 bits per heavy atom. The van der Waals surface area contributed by atoms with Crippen LogP contribution in [-0.2, 0) is 10.0 Å². The molecule has 0 fully saturated rings. The van der Waals surface area contributed by atoms with Crippen molar-refractivity contribution < 1.29 is 23.2 Å². The highest BCUT2D eigenvalue weighted by molar-refractivity contribution is 7.89. The number of phenols is 1. The summed E-state index contributed by atoms with van der Waals surface area (Å²) < 4.78 is 23.9. The second kappa shape index (κ2) is 6.42. The van der Waals surface area contributed by atoms with Gasteiger partial charge in [0.2, 0.25) is 0 Å². The van der Waals surface area contributed by atoms with Gasteiger partial charge in [0.1, 0.15) is 5.75 Å². The maximum atomic E-state index is 12.0. The predicted molar refractivity (Wildman–Crippen MR) is 79.0 cm³/mol. The van der Waals surface area contributed by atoms with Crippen molar-refractivity contribution in [3.05, 3.63) is 64.2 Å². The monoisotopic (exact) mass is 337 g/mol. The second-order valence-corrected chi connectivity index (χ2v) is 6.04. The number of nitrogens with one attached hydrogen (secondary N) is 2. The first kappa shape index (κ1) is 16.4. The average Bonchev–Trinajstić information content (AvgIpc) is 2.53. The number of hydrogen-bond acceptors (Lipinski definition) is 6. The van der Waals surface area contributed by atoms with Gasteiger partial charge in [0.15, 0.2) is 0 Å². The van der Waals surface area contributed by atoms with E-state index in [4.69, 9.17) is 5.11 Å². The molecule has 23 heavy (non-hydrogen) atoms. The number of benzene rings is 2. The minimum absolute atomic E-state index is 0.0342. The lowest BCUT2D eigenvalue weighted by Crippen LogP contribution is -2.41. The highest BCUT2D eigenvalue weighted by Crippen LogP contribution is 2.15. The van der Waals surface area contributed by atoms with E-state index in [0.29, 0.717) is 0 Å². The molecule has 0 bridgehead atoms. The summed E-state index contributed by atoms with van der Waals surface area (Å²) in [6.45, 7) is 0. The Balaban J connectivity index is 2.07. The van der Waals surface area contributed by atoms with Crippen molar-refractivity contribution >= 4 is 21.6 Å². The molecule has 10 heteroatoms. The number of non-ortho nitro benzene ring substituents is 1. The molecule has 0 saturated heterocycles. The quantitative estimate of drug-likeness (QED) is 0.548. The SMILES string of the molecule is O=C(NNS(=O)(=O)c1ccc([N+](=O)[O-])cc1)c1ccc(O)cc1. The van der Waals surface area contributed by atoms with E-state index in [9.17, 15) is 23.3 Å². The Labute approximate surface area is 130 Å². The fourth-order valence-electron chi connectivity index (χ4n) is 1.60. The highest BCUT2D eigenvalue weighted by Gasteiger charge is 2.17. The van der Waals surface area contributed by atoms with Gasteiger partial charge in [-0.25, -0.2) is 8.42 Å². The van der Waals surface area contributed by atoms with Crippen LogP contribution in [0.15, 0.2) is 53.4 Å². The van der Waals surface area contributed by atoms with Crippen molar-refractivity contribution in [2.45, 2.75) is 4.90 Å². The summed E-state index contributed by atoms with van der Waals surface area (Å²) in [5.41, 5.74) is 1.88. The topological polar surface area (TPSA) is 139 Å². The lowest BCUT2D eigenvalue weighted by molar-refractivity contribution is -0.384. The summed E-state index contributed by atoms with van der Waals surface area (Å²) in [6, 6.07) is 9.35. The molecule has 2 aromatic rings. The third-order valence-corrected chi connectivity index (χ3v) is 4.05. The number of sulfonamides is 1. The van der Waals surface area contributed by atoms with E-state index < -0.39 is 20.9 Å². The molecule has 0 spiro atoms. The van der Waals surface area contributed by atoms with Crippen molar-refractivity contribution in [3.8, 4) is 5.75 Å². The van der Waals surface area contributed by atoms with Crippen molar-refractivity contribution in [3.63, 3.8) is 0 Å². The number of nitro benzene ring substituents is 1. The molecule has 1 amide bonds. The molecule has 2 rings (SSSR count). The fraction of sp³-hybridized carbons (Fsp3) is 0. The fourth-order valence-corrected chi connectivity index (χ4v) is 2.44. The molecular weight excluding hydrogens is 326 g/mol. The molecule has 120 valence electrons. The molecular formula is C13H11N3O6S. The maximum absolute atomic E-state index is 12.0. The number of nitrogens with zero attached hydrogens (tertiary/aromatic N) is 1. The summed E-state index contributed by atoms with van der Waals surface area (Å²) in [5.74, 6) is -0.761. The molecule has 2 aromatic carbocycles. The van der Waals surface area contributed by atoms with Crippen LogP contribution in [0.3, 0.4) is 0 Å². The number of aromatic hydroxyl groups is 1. The number of hydrazine groups is 1. The van der Waals surface area contributed by atoms with Crippen molar-refractivity contribution in [1.29, 1.82) is 0 Å². The highest BCUT2D eigenvalue weighted by atomic mass is 32.2. The van der Waals surface area contributed by atoms with Gasteiger partial charge in [-0.1, -0.05) is 0 Å². The third kappa shape index (κ3) is 4.02. The predicted octanol–water partition coefficient (Wildman–Crippen LogP) is 0.924. The first-order valence-corrected chi connectivity index (χ1v) is 7.63. The Kier molecular flexibility index (Phi) is 4.57. The smallest absolute Gasteiger partial charge is 0.269 e. The van der Waals surface area contributed by atoms with E-state index in [1.165, 1.54) is 24.3 Å². The summed E-state index contributed by atoms with van der Waals surface area (Å²) >= 11 is 0. The van der Waals surface area contributed by atoms with E-state index >= 15 is 0 Å². The van der Waals surface area contributed by atoms with Crippen LogP contribution in [0.2, 0.25) is 0 Å². The Bertz CT molecular complexity index is 831. The van der Waals surface area contributed by atoms with Crippen molar-refractivity contribution in [2.75, 3.05) is 0 Å². The summed E-state index contributed by atoms with van der Waals surface area (Å²) in [4.78, 5) is 23.3. The number of rotatable bonds is 5. The van der Waals surface area contributed by atoms with Crippen LogP contribution in [0.25, 0.3) is 0 Å². The average molecular weight is 337 g/mol. The minimum atomic E-state index is -4.07. The van der Waals surface area contributed by atoms with E-state index in [0.717, 1.165) is 24.3 Å². The maximum Gasteiger partial charge on any atom is 0.269 e. The molecule has 0 radical (unpaired) electrons. The molecule has 9 nitrogen and oxygen atoms in total. The first-order chi connectivity index (χ1) is 10.8. The standard InChI is InChI=1S/C13H11N3O6S/c17-11-5-1-9(2-6-11)13(18)14-15-23(21,22)12-7-3-10(4-8-12)16(19)20/h1-8,15,17H,(H,14,18). The zero-order valence-corrected chi connectivity index (χ0v) is 12.3. The number of carbonyl (C=O) groups is 1. The lowest BCUT2D eigenvalue weighted by atomic mass is 10.2. The van der Waals surface area contributed by atoms with Gasteiger partial charge in [0.05, 0.1) is 9.82 Å². The van der Waals surface area contributed by atoms with Crippen molar-refractivity contribution in [2.24, 2.45) is 0 Å². The molecule has 0 saturated carbocycles.